The summed E-state index contributed by atoms with van der Waals surface area (Å²) >= 11 is 0. The van der Waals surface area contributed by atoms with Crippen LogP contribution in [0.4, 0.5) is 0 Å². The van der Waals surface area contributed by atoms with Crippen molar-refractivity contribution < 1.29 is 5.11 Å². The Bertz CT molecular complexity index is 758. The first-order valence-corrected chi connectivity index (χ1v) is 12.2. The topological polar surface area (TPSA) is 70.3 Å². The Morgan fingerprint density at radius 2 is 1.69 bits per heavy atom. The number of hydrogen-bond acceptors (Lipinski definition) is 4. The third kappa shape index (κ3) is 10.9. The Morgan fingerprint density at radius 3 is 2.34 bits per heavy atom. The van der Waals surface area contributed by atoms with Gasteiger partial charge in [-0.05, 0) is 48.4 Å². The van der Waals surface area contributed by atoms with E-state index in [0.29, 0.717) is 17.7 Å². The maximum absolute atomic E-state index is 9.61. The molecular formula is C28H43N3O. The zero-order valence-corrected chi connectivity index (χ0v) is 20.1. The zero-order valence-electron chi connectivity index (χ0n) is 20.1. The molecule has 0 spiro atoms. The van der Waals surface area contributed by atoms with Crippen molar-refractivity contribution in [3.8, 4) is 5.75 Å². The third-order valence-corrected chi connectivity index (χ3v) is 5.69. The van der Waals surface area contributed by atoms with E-state index < -0.39 is 0 Å². The highest BCUT2D eigenvalue weighted by Gasteiger charge is 2.14. The van der Waals surface area contributed by atoms with Gasteiger partial charge in [-0.1, -0.05) is 88.2 Å². The maximum Gasteiger partial charge on any atom is 0.115 e. The van der Waals surface area contributed by atoms with E-state index in [2.05, 4.69) is 67.8 Å². The summed E-state index contributed by atoms with van der Waals surface area (Å²) in [5, 5.41) is 17.1. The molecule has 0 aliphatic rings. The van der Waals surface area contributed by atoms with E-state index in [9.17, 15) is 5.11 Å². The van der Waals surface area contributed by atoms with Crippen LogP contribution >= 0.6 is 0 Å². The van der Waals surface area contributed by atoms with Crippen molar-refractivity contribution in [2.45, 2.75) is 71.0 Å². The molecule has 176 valence electrons. The molecule has 0 heterocycles. The summed E-state index contributed by atoms with van der Waals surface area (Å²) in [5.74, 6) is 0.917. The Hall–Kier alpha value is -2.14. The molecule has 0 aliphatic carbocycles. The predicted molar refractivity (Wildman–Crippen MR) is 138 cm³/mol. The van der Waals surface area contributed by atoms with Crippen LogP contribution in [-0.2, 0) is 6.42 Å². The normalized spacial score (nSPS) is 14.7. The Kier molecular flexibility index (Phi) is 12.1. The average Bonchev–Trinajstić information content (AvgIpc) is 2.79. The highest BCUT2D eigenvalue weighted by Crippen LogP contribution is 2.13. The minimum atomic E-state index is 0.182. The van der Waals surface area contributed by atoms with Gasteiger partial charge in [0.25, 0.3) is 0 Å². The molecule has 2 rings (SSSR count). The van der Waals surface area contributed by atoms with Crippen LogP contribution in [0.5, 0.6) is 5.75 Å². The van der Waals surface area contributed by atoms with Gasteiger partial charge in [0, 0.05) is 31.2 Å². The summed E-state index contributed by atoms with van der Waals surface area (Å²) in [6.45, 7) is 8.42. The average molecular weight is 438 g/mol. The van der Waals surface area contributed by atoms with E-state index in [1.54, 1.807) is 12.1 Å². The molecule has 3 atom stereocenters. The molecule has 0 fully saturated rings. The minimum absolute atomic E-state index is 0.182. The van der Waals surface area contributed by atoms with Crippen molar-refractivity contribution in [3.05, 3.63) is 71.8 Å². The summed E-state index contributed by atoms with van der Waals surface area (Å²) < 4.78 is 0. The summed E-state index contributed by atoms with van der Waals surface area (Å²) in [7, 11) is 0. The highest BCUT2D eigenvalue weighted by atomic mass is 16.3. The third-order valence-electron chi connectivity index (χ3n) is 5.69. The lowest BCUT2D eigenvalue weighted by Crippen LogP contribution is -2.47. The molecule has 0 amide bonds. The van der Waals surface area contributed by atoms with Gasteiger partial charge in [-0.15, -0.1) is 0 Å². The van der Waals surface area contributed by atoms with Gasteiger partial charge in [0.05, 0.1) is 0 Å². The number of rotatable bonds is 15. The Labute approximate surface area is 195 Å². The van der Waals surface area contributed by atoms with E-state index in [0.717, 1.165) is 32.4 Å². The van der Waals surface area contributed by atoms with Crippen LogP contribution in [0.15, 0.2) is 60.7 Å². The molecule has 2 aromatic rings. The van der Waals surface area contributed by atoms with Crippen LogP contribution in [0.3, 0.4) is 0 Å². The first-order valence-electron chi connectivity index (χ1n) is 12.2. The van der Waals surface area contributed by atoms with Crippen molar-refractivity contribution in [1.82, 2.24) is 10.6 Å². The molecule has 4 nitrogen and oxygen atoms in total. The minimum Gasteiger partial charge on any atom is -0.508 e. The number of phenols is 1. The van der Waals surface area contributed by atoms with Crippen LogP contribution < -0.4 is 16.4 Å². The van der Waals surface area contributed by atoms with Crippen LogP contribution in [0, 0.1) is 5.92 Å². The van der Waals surface area contributed by atoms with Gasteiger partial charge in [-0.25, -0.2) is 0 Å². The van der Waals surface area contributed by atoms with Crippen LogP contribution in [0.25, 0.3) is 6.08 Å². The lowest BCUT2D eigenvalue weighted by Gasteiger charge is -2.25. The molecule has 0 aromatic heterocycles. The molecule has 0 unspecified atom stereocenters. The molecule has 4 heteroatoms. The number of aromatic hydroxyl groups is 1. The molecule has 0 bridgehead atoms. The van der Waals surface area contributed by atoms with Crippen LogP contribution in [0.1, 0.15) is 57.6 Å². The first kappa shape index (κ1) is 26.1. The number of nitrogens with one attached hydrogen (secondary N) is 2. The standard InChI is InChI=1S/C28H43N3O/c1-4-5-11-25(29)20-30-27(19-24-13-16-28(32)17-14-24)21-31-26(18-22(2)3)15-12-23-9-7-6-8-10-23/h6-10,12-17,22,25-27,30-32H,4-5,11,18-21,29H2,1-3H3/t25-,26+,27-/m0/s1. The fourth-order valence-corrected chi connectivity index (χ4v) is 3.84. The van der Waals surface area contributed by atoms with Gasteiger partial charge in [-0.3, -0.25) is 0 Å². The first-order chi connectivity index (χ1) is 15.5. The van der Waals surface area contributed by atoms with Gasteiger partial charge in [0.2, 0.25) is 0 Å². The predicted octanol–water partition coefficient (Wildman–Crippen LogP) is 5.13. The van der Waals surface area contributed by atoms with E-state index in [1.807, 2.05) is 18.2 Å². The fourth-order valence-electron chi connectivity index (χ4n) is 3.84. The largest absolute Gasteiger partial charge is 0.508 e. The van der Waals surface area contributed by atoms with Crippen molar-refractivity contribution >= 4 is 6.08 Å². The number of phenolic OH excluding ortho intramolecular Hbond substituents is 1. The van der Waals surface area contributed by atoms with Crippen molar-refractivity contribution in [2.24, 2.45) is 11.7 Å². The van der Waals surface area contributed by atoms with Crippen LogP contribution in [-0.4, -0.2) is 36.3 Å². The molecule has 2 aromatic carbocycles. The SMILES string of the molecule is CCCC[C@H](N)CN[C@H](CN[C@H](C=Cc1ccccc1)CC(C)C)Cc1ccc(O)cc1. The summed E-state index contributed by atoms with van der Waals surface area (Å²) in [6, 6.07) is 18.8. The molecule has 32 heavy (non-hydrogen) atoms. The van der Waals surface area contributed by atoms with Crippen molar-refractivity contribution in [3.63, 3.8) is 0 Å². The molecule has 0 saturated heterocycles. The number of nitrogens with two attached hydrogens (primary N) is 1. The second-order valence-corrected chi connectivity index (χ2v) is 9.29. The molecule has 5 N–H and O–H groups in total. The Balaban J connectivity index is 2.01. The molecule has 0 saturated carbocycles. The Morgan fingerprint density at radius 1 is 0.969 bits per heavy atom. The second kappa shape index (κ2) is 14.8. The molecular weight excluding hydrogens is 394 g/mol. The van der Waals surface area contributed by atoms with E-state index >= 15 is 0 Å². The monoisotopic (exact) mass is 437 g/mol. The molecule has 0 aliphatic heterocycles. The van der Waals surface area contributed by atoms with Crippen molar-refractivity contribution in [1.29, 1.82) is 0 Å². The summed E-state index contributed by atoms with van der Waals surface area (Å²) in [5.41, 5.74) is 8.77. The number of benzene rings is 2. The van der Waals surface area contributed by atoms with Gasteiger partial charge in [-0.2, -0.15) is 0 Å². The maximum atomic E-state index is 9.61. The lowest BCUT2D eigenvalue weighted by atomic mass is 10.0. The summed E-state index contributed by atoms with van der Waals surface area (Å²) in [4.78, 5) is 0. The quantitative estimate of drug-likeness (QED) is 0.312. The summed E-state index contributed by atoms with van der Waals surface area (Å²) in [6.07, 6.45) is 9.89. The lowest BCUT2D eigenvalue weighted by molar-refractivity contribution is 0.403. The van der Waals surface area contributed by atoms with E-state index in [1.165, 1.54) is 24.0 Å². The van der Waals surface area contributed by atoms with Gasteiger partial charge < -0.3 is 21.5 Å². The fraction of sp³-hybridized carbons (Fsp3) is 0.500. The number of unbranched alkanes of at least 4 members (excludes halogenated alkanes) is 1. The van der Waals surface area contributed by atoms with E-state index in [-0.39, 0.29) is 12.1 Å². The van der Waals surface area contributed by atoms with Gasteiger partial charge in [0.1, 0.15) is 5.75 Å². The van der Waals surface area contributed by atoms with E-state index in [4.69, 9.17) is 5.73 Å². The second-order valence-electron chi connectivity index (χ2n) is 9.29. The van der Waals surface area contributed by atoms with Gasteiger partial charge in [0.15, 0.2) is 0 Å². The smallest absolute Gasteiger partial charge is 0.115 e. The van der Waals surface area contributed by atoms with Crippen molar-refractivity contribution in [2.75, 3.05) is 13.1 Å². The zero-order chi connectivity index (χ0) is 23.2. The van der Waals surface area contributed by atoms with Gasteiger partial charge >= 0.3 is 0 Å². The number of hydrogen-bond donors (Lipinski definition) is 4. The van der Waals surface area contributed by atoms with Crippen LogP contribution in [0.2, 0.25) is 0 Å². The molecule has 0 radical (unpaired) electrons. The highest BCUT2D eigenvalue weighted by molar-refractivity contribution is 5.49.